The molecule has 0 aliphatic carbocycles. The topological polar surface area (TPSA) is 71.8 Å². The van der Waals surface area contributed by atoms with Gasteiger partial charge in [0.25, 0.3) is 0 Å². The molecule has 0 radical (unpaired) electrons. The predicted octanol–water partition coefficient (Wildman–Crippen LogP) is -0.200. The zero-order valence-corrected chi connectivity index (χ0v) is 8.43. The molecule has 5 nitrogen and oxygen atoms in total. The van der Waals surface area contributed by atoms with Crippen molar-refractivity contribution < 1.29 is 19.7 Å². The lowest BCUT2D eigenvalue weighted by Gasteiger charge is -2.31. The zero-order valence-electron chi connectivity index (χ0n) is 8.43. The third-order valence-corrected chi connectivity index (χ3v) is 2.50. The van der Waals surface area contributed by atoms with Gasteiger partial charge in [-0.15, -0.1) is 0 Å². The number of nitrogens with zero attached hydrogens (tertiary/aromatic N) is 1. The van der Waals surface area contributed by atoms with Gasteiger partial charge in [-0.2, -0.15) is 0 Å². The van der Waals surface area contributed by atoms with Crippen molar-refractivity contribution in [2.24, 2.45) is 0 Å². The first-order chi connectivity index (χ1) is 7.19. The highest BCUT2D eigenvalue weighted by Gasteiger charge is 2.35. The van der Waals surface area contributed by atoms with E-state index in [1.807, 2.05) is 0 Å². The molecule has 1 aliphatic rings. The molecule has 0 fully saturated rings. The van der Waals surface area contributed by atoms with E-state index in [2.05, 4.69) is 4.98 Å². The van der Waals surface area contributed by atoms with Crippen LogP contribution in [0.25, 0.3) is 0 Å². The molecule has 2 N–H and O–H groups in total. The number of fused-ring (bicyclic) bond motifs is 1. The number of methoxy groups -OCH3 is 1. The molecular weight excluding hydrogens is 198 g/mol. The normalized spacial score (nSPS) is 24.7. The van der Waals surface area contributed by atoms with Crippen molar-refractivity contribution >= 4 is 0 Å². The minimum atomic E-state index is -1.34. The van der Waals surface area contributed by atoms with Crippen LogP contribution in [-0.4, -0.2) is 35.5 Å². The van der Waals surface area contributed by atoms with E-state index in [0.29, 0.717) is 23.7 Å². The average Bonchev–Trinajstić information content (AvgIpc) is 2.29. The molecular formula is C10H13NO4. The van der Waals surface area contributed by atoms with Gasteiger partial charge < -0.3 is 19.7 Å². The van der Waals surface area contributed by atoms with Gasteiger partial charge in [-0.25, -0.2) is 4.98 Å². The van der Waals surface area contributed by atoms with E-state index in [-0.39, 0.29) is 13.2 Å². The van der Waals surface area contributed by atoms with E-state index in [4.69, 9.17) is 14.6 Å². The van der Waals surface area contributed by atoms with Crippen LogP contribution < -0.4 is 4.74 Å². The first-order valence-corrected chi connectivity index (χ1v) is 4.65. The molecule has 1 aliphatic heterocycles. The smallest absolute Gasteiger partial charge is 0.213 e. The van der Waals surface area contributed by atoms with Crippen LogP contribution >= 0.6 is 0 Å². The summed E-state index contributed by atoms with van der Waals surface area (Å²) in [5.41, 5.74) is -0.124. The van der Waals surface area contributed by atoms with Gasteiger partial charge >= 0.3 is 0 Å². The highest BCUT2D eigenvalue weighted by atomic mass is 16.5. The Kier molecular flexibility index (Phi) is 2.60. The van der Waals surface area contributed by atoms with Crippen LogP contribution in [0.2, 0.25) is 0 Å². The van der Waals surface area contributed by atoms with Crippen molar-refractivity contribution in [3.63, 3.8) is 0 Å². The van der Waals surface area contributed by atoms with E-state index >= 15 is 0 Å². The first-order valence-electron chi connectivity index (χ1n) is 4.65. The van der Waals surface area contributed by atoms with E-state index in [0.717, 1.165) is 0 Å². The maximum absolute atomic E-state index is 10.0. The zero-order chi connectivity index (χ0) is 10.9. The second kappa shape index (κ2) is 3.77. The largest absolute Gasteiger partial charge is 0.481 e. The van der Waals surface area contributed by atoms with Crippen LogP contribution in [-0.2, 0) is 16.9 Å². The van der Waals surface area contributed by atoms with Crippen LogP contribution in [0, 0.1) is 0 Å². The van der Waals surface area contributed by atoms with Crippen molar-refractivity contribution in [1.82, 2.24) is 4.98 Å². The molecule has 82 valence electrons. The molecule has 0 amide bonds. The first kappa shape index (κ1) is 10.4. The number of pyridine rings is 1. The molecule has 0 spiro atoms. The lowest BCUT2D eigenvalue weighted by Crippen LogP contribution is -2.40. The summed E-state index contributed by atoms with van der Waals surface area (Å²) in [4.78, 5) is 4.16. The van der Waals surface area contributed by atoms with Crippen molar-refractivity contribution in [3.05, 3.63) is 23.4 Å². The van der Waals surface area contributed by atoms with Gasteiger partial charge in [0.05, 0.1) is 32.6 Å². The fourth-order valence-electron chi connectivity index (χ4n) is 1.65. The number of ether oxygens (including phenoxy) is 2. The molecule has 1 aromatic heterocycles. The third-order valence-electron chi connectivity index (χ3n) is 2.50. The molecule has 0 bridgehead atoms. The third kappa shape index (κ3) is 1.69. The molecule has 1 aromatic rings. The predicted molar refractivity (Wildman–Crippen MR) is 51.4 cm³/mol. The van der Waals surface area contributed by atoms with E-state index in [9.17, 15) is 5.11 Å². The van der Waals surface area contributed by atoms with Gasteiger partial charge in [0, 0.05) is 11.6 Å². The molecule has 0 saturated carbocycles. The van der Waals surface area contributed by atoms with Crippen LogP contribution in [0.15, 0.2) is 12.1 Å². The second-order valence-corrected chi connectivity index (χ2v) is 3.53. The number of hydrogen-bond acceptors (Lipinski definition) is 5. The summed E-state index contributed by atoms with van der Waals surface area (Å²) in [5.74, 6) is 0.472. The monoisotopic (exact) mass is 211 g/mol. The van der Waals surface area contributed by atoms with Gasteiger partial charge in [0.1, 0.15) is 5.60 Å². The van der Waals surface area contributed by atoms with Gasteiger partial charge in [-0.1, -0.05) is 0 Å². The molecule has 1 atom stereocenters. The average molecular weight is 211 g/mol. The molecule has 1 unspecified atom stereocenters. The Balaban J connectivity index is 2.45. The lowest BCUT2D eigenvalue weighted by molar-refractivity contribution is -0.102. The number of rotatable bonds is 2. The van der Waals surface area contributed by atoms with Gasteiger partial charge in [0.15, 0.2) is 0 Å². The SMILES string of the molecule is COc1ccc2c(n1)COCC2(O)CO. The number of aliphatic hydroxyl groups excluding tert-OH is 1. The molecule has 2 rings (SSSR count). The quantitative estimate of drug-likeness (QED) is 0.708. The summed E-state index contributed by atoms with van der Waals surface area (Å²) in [6.45, 7) is 0.0351. The second-order valence-electron chi connectivity index (χ2n) is 3.53. The van der Waals surface area contributed by atoms with Crippen molar-refractivity contribution in [2.45, 2.75) is 12.2 Å². The molecule has 5 heteroatoms. The Bertz CT molecular complexity index is 368. The summed E-state index contributed by atoms with van der Waals surface area (Å²) in [7, 11) is 1.52. The molecule has 0 aromatic carbocycles. The van der Waals surface area contributed by atoms with E-state index in [1.54, 1.807) is 12.1 Å². The number of aromatic nitrogens is 1. The fraction of sp³-hybridized carbons (Fsp3) is 0.500. The highest BCUT2D eigenvalue weighted by Crippen LogP contribution is 2.30. The Hall–Kier alpha value is -1.17. The minimum Gasteiger partial charge on any atom is -0.481 e. The number of aliphatic hydroxyl groups is 2. The van der Waals surface area contributed by atoms with Crippen molar-refractivity contribution in [2.75, 3.05) is 20.3 Å². The van der Waals surface area contributed by atoms with Gasteiger partial charge in [0.2, 0.25) is 5.88 Å². The minimum absolute atomic E-state index is 0.0878. The Morgan fingerprint density at radius 2 is 2.40 bits per heavy atom. The van der Waals surface area contributed by atoms with Gasteiger partial charge in [-0.05, 0) is 6.07 Å². The molecule has 0 saturated heterocycles. The Morgan fingerprint density at radius 3 is 3.07 bits per heavy atom. The maximum atomic E-state index is 10.0. The molecule has 2 heterocycles. The fourth-order valence-corrected chi connectivity index (χ4v) is 1.65. The van der Waals surface area contributed by atoms with E-state index < -0.39 is 5.60 Å². The summed E-state index contributed by atoms with van der Waals surface area (Å²) >= 11 is 0. The van der Waals surface area contributed by atoms with Crippen molar-refractivity contribution in [1.29, 1.82) is 0 Å². The van der Waals surface area contributed by atoms with Crippen LogP contribution in [0.3, 0.4) is 0 Å². The summed E-state index contributed by atoms with van der Waals surface area (Å²) in [6.07, 6.45) is 0. The van der Waals surface area contributed by atoms with Crippen LogP contribution in [0.4, 0.5) is 0 Å². The van der Waals surface area contributed by atoms with E-state index in [1.165, 1.54) is 7.11 Å². The Labute approximate surface area is 87.3 Å². The molecule has 15 heavy (non-hydrogen) atoms. The highest BCUT2D eigenvalue weighted by molar-refractivity contribution is 5.32. The van der Waals surface area contributed by atoms with Crippen LogP contribution in [0.5, 0.6) is 5.88 Å². The summed E-state index contributed by atoms with van der Waals surface area (Å²) in [6, 6.07) is 3.37. The van der Waals surface area contributed by atoms with Crippen LogP contribution in [0.1, 0.15) is 11.3 Å². The maximum Gasteiger partial charge on any atom is 0.213 e. The van der Waals surface area contributed by atoms with Gasteiger partial charge in [-0.3, -0.25) is 0 Å². The summed E-state index contributed by atoms with van der Waals surface area (Å²) in [5, 5.41) is 19.2. The summed E-state index contributed by atoms with van der Waals surface area (Å²) < 4.78 is 10.1. The standard InChI is InChI=1S/C10H13NO4/c1-14-9-3-2-7-8(11-9)4-15-6-10(7,13)5-12/h2-3,12-13H,4-6H2,1H3. The lowest BCUT2D eigenvalue weighted by atomic mass is 9.92. The Morgan fingerprint density at radius 1 is 1.60 bits per heavy atom. The van der Waals surface area contributed by atoms with Crippen molar-refractivity contribution in [3.8, 4) is 5.88 Å². The number of hydrogen-bond donors (Lipinski definition) is 2.